The van der Waals surface area contributed by atoms with Gasteiger partial charge < -0.3 is 9.84 Å². The minimum Gasteiger partial charge on any atom is -0.506 e. The number of pyridine rings is 1. The summed E-state index contributed by atoms with van der Waals surface area (Å²) >= 11 is 0. The summed E-state index contributed by atoms with van der Waals surface area (Å²) in [6.07, 6.45) is -9.10. The molecule has 1 heterocycles. The maximum Gasteiger partial charge on any atom is 0.437 e. The van der Waals surface area contributed by atoms with Crippen molar-refractivity contribution in [2.24, 2.45) is 0 Å². The largest absolute Gasteiger partial charge is 0.506 e. The highest BCUT2D eigenvalue weighted by atomic mass is 19.4. The van der Waals surface area contributed by atoms with Gasteiger partial charge in [-0.05, 0) is 11.6 Å². The summed E-state index contributed by atoms with van der Waals surface area (Å²) in [4.78, 5) is 13.6. The van der Waals surface area contributed by atoms with Gasteiger partial charge in [0, 0.05) is 0 Å². The lowest BCUT2D eigenvalue weighted by Crippen LogP contribution is -2.14. The average Bonchev–Trinajstić information content (AvgIpc) is 2.26. The van der Waals surface area contributed by atoms with Crippen LogP contribution in [0.5, 0.6) is 5.75 Å². The van der Waals surface area contributed by atoms with Crippen molar-refractivity contribution < 1.29 is 36.6 Å². The van der Waals surface area contributed by atoms with E-state index in [-0.39, 0.29) is 0 Å². The van der Waals surface area contributed by atoms with Crippen LogP contribution in [-0.2, 0) is 22.1 Å². The molecule has 1 N–H and O–H groups in total. The zero-order chi connectivity index (χ0) is 14.8. The number of methoxy groups -OCH3 is 1. The molecule has 0 radical (unpaired) electrons. The fraction of sp³-hybridized carbons (Fsp3) is 0.400. The summed E-state index contributed by atoms with van der Waals surface area (Å²) in [5.74, 6) is -2.27. The molecule has 0 atom stereocenters. The van der Waals surface area contributed by atoms with E-state index >= 15 is 0 Å². The van der Waals surface area contributed by atoms with Crippen LogP contribution in [0, 0.1) is 0 Å². The number of rotatable bonds is 3. The first-order valence-corrected chi connectivity index (χ1v) is 4.81. The summed E-state index contributed by atoms with van der Waals surface area (Å²) in [5, 5.41) is 9.14. The van der Waals surface area contributed by atoms with E-state index in [4.69, 9.17) is 5.11 Å². The summed E-state index contributed by atoms with van der Waals surface area (Å²) in [6, 6.07) is 0.439. The molecule has 0 saturated carbocycles. The molecule has 1 aromatic rings. The van der Waals surface area contributed by atoms with E-state index in [2.05, 4.69) is 9.72 Å². The van der Waals surface area contributed by atoms with Gasteiger partial charge in [-0.15, -0.1) is 0 Å². The zero-order valence-electron chi connectivity index (χ0n) is 9.46. The van der Waals surface area contributed by atoms with Gasteiger partial charge >= 0.3 is 12.1 Å². The molecule has 0 aliphatic rings. The molecule has 0 saturated heterocycles. The first-order chi connectivity index (χ1) is 8.66. The number of alkyl halides is 5. The minimum absolute atomic E-state index is 0.439. The van der Waals surface area contributed by atoms with Crippen molar-refractivity contribution >= 4 is 5.97 Å². The molecule has 0 aliphatic carbocycles. The topological polar surface area (TPSA) is 59.4 Å². The van der Waals surface area contributed by atoms with Crippen molar-refractivity contribution in [2.45, 2.75) is 19.0 Å². The molecule has 0 aliphatic heterocycles. The van der Waals surface area contributed by atoms with Crippen LogP contribution < -0.4 is 0 Å². The second-order valence-corrected chi connectivity index (χ2v) is 3.45. The highest BCUT2D eigenvalue weighted by Gasteiger charge is 2.37. The van der Waals surface area contributed by atoms with Gasteiger partial charge in [0.2, 0.25) is 0 Å². The molecule has 0 bridgehead atoms. The lowest BCUT2D eigenvalue weighted by Gasteiger charge is -2.13. The molecule has 0 unspecified atom stereocenters. The molecule has 0 amide bonds. The molecule has 0 fully saturated rings. The number of halogens is 5. The highest BCUT2D eigenvalue weighted by Crippen LogP contribution is 2.37. The van der Waals surface area contributed by atoms with Gasteiger partial charge in [0.05, 0.1) is 13.5 Å². The second-order valence-electron chi connectivity index (χ2n) is 3.45. The first-order valence-electron chi connectivity index (χ1n) is 4.81. The number of ether oxygens (including phenoxy) is 1. The Morgan fingerprint density at radius 3 is 2.47 bits per heavy atom. The summed E-state index contributed by atoms with van der Waals surface area (Å²) in [7, 11) is 0.988. The standard InChI is InChI=1S/C10H8F5NO3/c1-19-6(18)3-4-2-5(17)8(10(13,14)15)16-7(4)9(11)12/h2,9,17H,3H2,1H3. The Labute approximate surface area is 103 Å². The molecule has 0 spiro atoms. The first kappa shape index (κ1) is 15.1. The Kier molecular flexibility index (Phi) is 4.28. The van der Waals surface area contributed by atoms with Crippen LogP contribution in [0.1, 0.15) is 23.4 Å². The van der Waals surface area contributed by atoms with Crippen LogP contribution in [0.25, 0.3) is 0 Å². The second kappa shape index (κ2) is 5.37. The quantitative estimate of drug-likeness (QED) is 0.684. The third kappa shape index (κ3) is 3.52. The molecule has 4 nitrogen and oxygen atoms in total. The van der Waals surface area contributed by atoms with Crippen molar-refractivity contribution in [3.63, 3.8) is 0 Å². The Morgan fingerprint density at radius 1 is 1.47 bits per heavy atom. The van der Waals surface area contributed by atoms with E-state index in [0.717, 1.165) is 7.11 Å². The van der Waals surface area contributed by atoms with Gasteiger partial charge in [0.15, 0.2) is 5.69 Å². The molecular formula is C10H8F5NO3. The van der Waals surface area contributed by atoms with E-state index < -0.39 is 47.7 Å². The maximum absolute atomic E-state index is 12.6. The molecule has 1 aromatic heterocycles. The van der Waals surface area contributed by atoms with E-state index in [1.165, 1.54) is 0 Å². The minimum atomic E-state index is -5.07. The molecule has 0 aromatic carbocycles. The summed E-state index contributed by atoms with van der Waals surface area (Å²) in [6.45, 7) is 0. The highest BCUT2D eigenvalue weighted by molar-refractivity contribution is 5.73. The van der Waals surface area contributed by atoms with Crippen LogP contribution >= 0.6 is 0 Å². The Hall–Kier alpha value is -1.93. The van der Waals surface area contributed by atoms with Crippen LogP contribution in [0.15, 0.2) is 6.07 Å². The lowest BCUT2D eigenvalue weighted by atomic mass is 10.1. The Balaban J connectivity index is 3.33. The predicted octanol–water partition coefficient (Wildman–Crippen LogP) is 2.46. The Bertz CT molecular complexity index is 487. The molecule has 9 heteroatoms. The number of hydrogen-bond donors (Lipinski definition) is 1. The average molecular weight is 285 g/mol. The SMILES string of the molecule is COC(=O)Cc1cc(O)c(C(F)(F)F)nc1C(F)F. The van der Waals surface area contributed by atoms with Crippen LogP contribution in [0.3, 0.4) is 0 Å². The molecular weight excluding hydrogens is 277 g/mol. The molecule has 19 heavy (non-hydrogen) atoms. The fourth-order valence-electron chi connectivity index (χ4n) is 1.32. The Morgan fingerprint density at radius 2 is 2.05 bits per heavy atom. The number of nitrogens with zero attached hydrogens (tertiary/aromatic N) is 1. The normalized spacial score (nSPS) is 11.7. The van der Waals surface area contributed by atoms with Crippen molar-refractivity contribution in [3.05, 3.63) is 23.0 Å². The number of aromatic hydroxyl groups is 1. The number of aromatic nitrogens is 1. The van der Waals surface area contributed by atoms with Gasteiger partial charge in [0.1, 0.15) is 11.4 Å². The van der Waals surface area contributed by atoms with Crippen LogP contribution in [0.2, 0.25) is 0 Å². The maximum atomic E-state index is 12.6. The number of carbonyl (C=O) groups excluding carboxylic acids is 1. The number of hydrogen-bond acceptors (Lipinski definition) is 4. The van der Waals surface area contributed by atoms with Crippen molar-refractivity contribution in [3.8, 4) is 5.75 Å². The fourth-order valence-corrected chi connectivity index (χ4v) is 1.32. The molecule has 1 rings (SSSR count). The van der Waals surface area contributed by atoms with Gasteiger partial charge in [-0.25, -0.2) is 13.8 Å². The number of carbonyl (C=O) groups is 1. The molecule has 106 valence electrons. The van der Waals surface area contributed by atoms with E-state index in [1.807, 2.05) is 0 Å². The van der Waals surface area contributed by atoms with Crippen molar-refractivity contribution in [2.75, 3.05) is 7.11 Å². The van der Waals surface area contributed by atoms with Crippen molar-refractivity contribution in [1.82, 2.24) is 4.98 Å². The third-order valence-electron chi connectivity index (χ3n) is 2.15. The van der Waals surface area contributed by atoms with Crippen molar-refractivity contribution in [1.29, 1.82) is 0 Å². The zero-order valence-corrected chi connectivity index (χ0v) is 9.46. The summed E-state index contributed by atoms with van der Waals surface area (Å²) in [5.41, 5.74) is -3.56. The van der Waals surface area contributed by atoms with Gasteiger partial charge in [0.25, 0.3) is 6.43 Å². The predicted molar refractivity (Wildman–Crippen MR) is 51.6 cm³/mol. The monoisotopic (exact) mass is 285 g/mol. The van der Waals surface area contributed by atoms with Crippen LogP contribution in [-0.4, -0.2) is 23.2 Å². The van der Waals surface area contributed by atoms with Crippen LogP contribution in [0.4, 0.5) is 22.0 Å². The summed E-state index contributed by atoms with van der Waals surface area (Å²) < 4.78 is 66.6. The lowest BCUT2D eigenvalue weighted by molar-refractivity contribution is -0.142. The smallest absolute Gasteiger partial charge is 0.437 e. The number of esters is 1. The van der Waals surface area contributed by atoms with E-state index in [1.54, 1.807) is 0 Å². The third-order valence-corrected chi connectivity index (χ3v) is 2.15. The van der Waals surface area contributed by atoms with Gasteiger partial charge in [-0.1, -0.05) is 0 Å². The van der Waals surface area contributed by atoms with Gasteiger partial charge in [-0.2, -0.15) is 13.2 Å². The van der Waals surface area contributed by atoms with E-state index in [9.17, 15) is 26.7 Å². The van der Waals surface area contributed by atoms with Gasteiger partial charge in [-0.3, -0.25) is 4.79 Å². The van der Waals surface area contributed by atoms with E-state index in [0.29, 0.717) is 6.07 Å².